The van der Waals surface area contributed by atoms with Gasteiger partial charge in [-0.2, -0.15) is 0 Å². The van der Waals surface area contributed by atoms with E-state index in [-0.39, 0.29) is 5.78 Å². The lowest BCUT2D eigenvalue weighted by Crippen LogP contribution is -2.11. The lowest BCUT2D eigenvalue weighted by molar-refractivity contribution is 0.0934. The summed E-state index contributed by atoms with van der Waals surface area (Å²) < 4.78 is 1.94. The Kier molecular flexibility index (Phi) is 6.46. The number of para-hydroxylation sites is 1. The highest BCUT2D eigenvalue weighted by Crippen LogP contribution is 2.31. The van der Waals surface area contributed by atoms with Crippen molar-refractivity contribution in [1.29, 1.82) is 0 Å². The first-order valence-corrected chi connectivity index (χ1v) is 10.0. The van der Waals surface area contributed by atoms with Gasteiger partial charge in [-0.1, -0.05) is 81.1 Å². The van der Waals surface area contributed by atoms with Crippen LogP contribution in [0.1, 0.15) is 73.3 Å². The maximum atomic E-state index is 13.2. The van der Waals surface area contributed by atoms with E-state index in [2.05, 4.69) is 6.92 Å². The largest absolute Gasteiger partial charge is 0.373 e. The highest BCUT2D eigenvalue weighted by atomic mass is 16.3. The molecule has 3 rings (SSSR count). The first-order chi connectivity index (χ1) is 13.1. The molecule has 1 heterocycles. The number of carbonyl (C=O) groups is 1. The fourth-order valence-corrected chi connectivity index (χ4v) is 3.86. The molecule has 3 nitrogen and oxygen atoms in total. The van der Waals surface area contributed by atoms with Crippen LogP contribution in [0.2, 0.25) is 0 Å². The van der Waals surface area contributed by atoms with E-state index in [1.807, 2.05) is 66.1 Å². The van der Waals surface area contributed by atoms with Crippen LogP contribution in [0.5, 0.6) is 0 Å². The van der Waals surface area contributed by atoms with Gasteiger partial charge in [0.05, 0.1) is 11.1 Å². The standard InChI is InChI=1S/C24H29NO2/c1-3-4-5-6-10-17-22(26)25-18(2)23(20-15-11-12-16-21(20)25)24(27)19-13-8-7-9-14-19/h7-9,11-16,22,26H,3-6,10,17H2,1-2H3. The second kappa shape index (κ2) is 9.01. The number of hydrogen-bond acceptors (Lipinski definition) is 2. The number of unbranched alkanes of at least 4 members (excludes halogenated alkanes) is 4. The van der Waals surface area contributed by atoms with E-state index in [1.54, 1.807) is 0 Å². The maximum Gasteiger partial charge on any atom is 0.195 e. The molecule has 1 aromatic heterocycles. The Morgan fingerprint density at radius 1 is 0.963 bits per heavy atom. The van der Waals surface area contributed by atoms with Crippen molar-refractivity contribution in [2.45, 2.75) is 58.6 Å². The first-order valence-electron chi connectivity index (χ1n) is 10.0. The summed E-state index contributed by atoms with van der Waals surface area (Å²) in [6.07, 6.45) is 5.92. The van der Waals surface area contributed by atoms with Gasteiger partial charge in [0.15, 0.2) is 5.78 Å². The van der Waals surface area contributed by atoms with E-state index in [4.69, 9.17) is 0 Å². The molecule has 27 heavy (non-hydrogen) atoms. The third-order valence-electron chi connectivity index (χ3n) is 5.28. The molecule has 0 fully saturated rings. The smallest absolute Gasteiger partial charge is 0.195 e. The van der Waals surface area contributed by atoms with Crippen LogP contribution in [0.15, 0.2) is 54.6 Å². The summed E-state index contributed by atoms with van der Waals surface area (Å²) in [7, 11) is 0. The second-order valence-corrected chi connectivity index (χ2v) is 7.23. The number of nitrogens with zero attached hydrogens (tertiary/aromatic N) is 1. The Bertz CT molecular complexity index is 895. The molecule has 3 aromatic rings. The average Bonchev–Trinajstić information content (AvgIpc) is 2.99. The van der Waals surface area contributed by atoms with Crippen LogP contribution >= 0.6 is 0 Å². The van der Waals surface area contributed by atoms with E-state index in [9.17, 15) is 9.90 Å². The summed E-state index contributed by atoms with van der Waals surface area (Å²) in [4.78, 5) is 13.2. The minimum absolute atomic E-state index is 0.0122. The molecule has 3 heteroatoms. The molecule has 0 bridgehead atoms. The van der Waals surface area contributed by atoms with E-state index < -0.39 is 6.23 Å². The molecule has 0 spiro atoms. The molecule has 0 aliphatic heterocycles. The number of aliphatic hydroxyl groups excluding tert-OH is 1. The Labute approximate surface area is 161 Å². The van der Waals surface area contributed by atoms with E-state index in [1.165, 1.54) is 19.3 Å². The SMILES string of the molecule is CCCCCCCC(O)n1c(C)c(C(=O)c2ccccc2)c2ccccc21. The summed E-state index contributed by atoms with van der Waals surface area (Å²) >= 11 is 0. The Balaban J connectivity index is 1.93. The minimum Gasteiger partial charge on any atom is -0.373 e. The number of hydrogen-bond donors (Lipinski definition) is 1. The maximum absolute atomic E-state index is 13.2. The average molecular weight is 364 g/mol. The van der Waals surface area contributed by atoms with Gasteiger partial charge in [-0.3, -0.25) is 4.79 Å². The predicted octanol–water partition coefficient (Wildman–Crippen LogP) is 6.03. The zero-order chi connectivity index (χ0) is 19.2. The quantitative estimate of drug-likeness (QED) is 0.372. The van der Waals surface area contributed by atoms with Crippen LogP contribution in [0, 0.1) is 6.92 Å². The van der Waals surface area contributed by atoms with Crippen molar-refractivity contribution < 1.29 is 9.90 Å². The number of benzene rings is 2. The lowest BCUT2D eigenvalue weighted by atomic mass is 10.0. The predicted molar refractivity (Wildman–Crippen MR) is 111 cm³/mol. The van der Waals surface area contributed by atoms with Gasteiger partial charge in [0, 0.05) is 16.6 Å². The summed E-state index contributed by atoms with van der Waals surface area (Å²) in [6.45, 7) is 4.14. The molecule has 0 radical (unpaired) electrons. The summed E-state index contributed by atoms with van der Waals surface area (Å²) in [5, 5.41) is 11.8. The molecule has 0 aliphatic carbocycles. The second-order valence-electron chi connectivity index (χ2n) is 7.23. The monoisotopic (exact) mass is 363 g/mol. The zero-order valence-electron chi connectivity index (χ0n) is 16.3. The van der Waals surface area contributed by atoms with Crippen LogP contribution in [-0.4, -0.2) is 15.5 Å². The van der Waals surface area contributed by atoms with Crippen molar-refractivity contribution in [3.05, 3.63) is 71.4 Å². The first kappa shape index (κ1) is 19.4. The van der Waals surface area contributed by atoms with Crippen molar-refractivity contribution >= 4 is 16.7 Å². The van der Waals surface area contributed by atoms with Gasteiger partial charge in [0.25, 0.3) is 0 Å². The molecule has 0 aliphatic rings. The molecular formula is C24H29NO2. The summed E-state index contributed by atoms with van der Waals surface area (Å²) in [6, 6.07) is 17.2. The highest BCUT2D eigenvalue weighted by Gasteiger charge is 2.23. The van der Waals surface area contributed by atoms with E-state index in [0.717, 1.165) is 29.4 Å². The van der Waals surface area contributed by atoms with Gasteiger partial charge in [0.2, 0.25) is 0 Å². The summed E-state index contributed by atoms with van der Waals surface area (Å²) in [5.41, 5.74) is 3.14. The van der Waals surface area contributed by atoms with Gasteiger partial charge in [0.1, 0.15) is 6.23 Å². The van der Waals surface area contributed by atoms with Crippen LogP contribution < -0.4 is 0 Å². The molecule has 142 valence electrons. The van der Waals surface area contributed by atoms with Crippen molar-refractivity contribution in [3.63, 3.8) is 0 Å². The van der Waals surface area contributed by atoms with Gasteiger partial charge >= 0.3 is 0 Å². The van der Waals surface area contributed by atoms with Crippen molar-refractivity contribution in [3.8, 4) is 0 Å². The van der Waals surface area contributed by atoms with Crippen LogP contribution in [-0.2, 0) is 0 Å². The van der Waals surface area contributed by atoms with E-state index in [0.29, 0.717) is 17.5 Å². The Morgan fingerprint density at radius 3 is 2.37 bits per heavy atom. The number of rotatable bonds is 9. The third-order valence-corrected chi connectivity index (χ3v) is 5.28. The molecule has 0 amide bonds. The van der Waals surface area contributed by atoms with Crippen LogP contribution in [0.25, 0.3) is 10.9 Å². The van der Waals surface area contributed by atoms with Crippen LogP contribution in [0.3, 0.4) is 0 Å². The molecule has 0 saturated heterocycles. The molecule has 1 atom stereocenters. The van der Waals surface area contributed by atoms with Gasteiger partial charge in [-0.05, 0) is 25.8 Å². The normalized spacial score (nSPS) is 12.4. The van der Waals surface area contributed by atoms with Gasteiger partial charge in [-0.25, -0.2) is 0 Å². The minimum atomic E-state index is -0.603. The Morgan fingerprint density at radius 2 is 1.63 bits per heavy atom. The lowest BCUT2D eigenvalue weighted by Gasteiger charge is -2.16. The molecule has 2 aromatic carbocycles. The number of fused-ring (bicyclic) bond motifs is 1. The van der Waals surface area contributed by atoms with Gasteiger partial charge < -0.3 is 9.67 Å². The Hall–Kier alpha value is -2.39. The third kappa shape index (κ3) is 4.14. The van der Waals surface area contributed by atoms with Crippen molar-refractivity contribution in [2.24, 2.45) is 0 Å². The number of ketones is 1. The molecular weight excluding hydrogens is 334 g/mol. The van der Waals surface area contributed by atoms with Crippen LogP contribution in [0.4, 0.5) is 0 Å². The topological polar surface area (TPSA) is 42.2 Å². The number of aliphatic hydroxyl groups is 1. The van der Waals surface area contributed by atoms with Gasteiger partial charge in [-0.15, -0.1) is 0 Å². The fourth-order valence-electron chi connectivity index (χ4n) is 3.86. The molecule has 0 saturated carbocycles. The molecule has 1 N–H and O–H groups in total. The number of carbonyl (C=O) groups excluding carboxylic acids is 1. The zero-order valence-corrected chi connectivity index (χ0v) is 16.3. The molecule has 1 unspecified atom stereocenters. The van der Waals surface area contributed by atoms with Crippen molar-refractivity contribution in [1.82, 2.24) is 4.57 Å². The highest BCUT2D eigenvalue weighted by molar-refractivity contribution is 6.17. The van der Waals surface area contributed by atoms with E-state index >= 15 is 0 Å². The fraction of sp³-hybridized carbons (Fsp3) is 0.375. The van der Waals surface area contributed by atoms with Crippen molar-refractivity contribution in [2.75, 3.05) is 0 Å². The summed E-state index contributed by atoms with van der Waals surface area (Å²) in [5.74, 6) is 0.0122. The number of aromatic nitrogens is 1.